The first kappa shape index (κ1) is 17.4. The van der Waals surface area contributed by atoms with Gasteiger partial charge >= 0.3 is 0 Å². The molecule has 2 fully saturated rings. The highest BCUT2D eigenvalue weighted by atomic mass is 16.5. The van der Waals surface area contributed by atoms with Gasteiger partial charge in [-0.25, -0.2) is 4.98 Å². The summed E-state index contributed by atoms with van der Waals surface area (Å²) in [6.45, 7) is 10.6. The first-order valence-electron chi connectivity index (χ1n) is 9.26. The number of ether oxygens (including phenoxy) is 1. The average Bonchev–Trinajstić information content (AvgIpc) is 3.22. The second-order valence-electron chi connectivity index (χ2n) is 6.95. The average molecular weight is 334 g/mol. The van der Waals surface area contributed by atoms with Gasteiger partial charge in [-0.05, 0) is 19.3 Å². The zero-order valence-electron chi connectivity index (χ0n) is 15.0. The zero-order valence-corrected chi connectivity index (χ0v) is 15.0. The molecule has 2 atom stereocenters. The van der Waals surface area contributed by atoms with Crippen LogP contribution in [0.15, 0.2) is 12.4 Å². The van der Waals surface area contributed by atoms with Crippen molar-refractivity contribution in [1.82, 2.24) is 19.4 Å². The van der Waals surface area contributed by atoms with Crippen LogP contribution in [0.5, 0.6) is 0 Å². The molecule has 0 aromatic carbocycles. The maximum absolute atomic E-state index is 12.6. The molecule has 2 saturated heterocycles. The molecule has 3 heterocycles. The number of aryl methyl sites for hydroxylation is 2. The van der Waals surface area contributed by atoms with Crippen LogP contribution in [-0.2, 0) is 16.1 Å². The van der Waals surface area contributed by atoms with Crippen molar-refractivity contribution in [3.8, 4) is 0 Å². The van der Waals surface area contributed by atoms with Crippen molar-refractivity contribution in [3.05, 3.63) is 18.2 Å². The summed E-state index contributed by atoms with van der Waals surface area (Å²) >= 11 is 0. The monoisotopic (exact) mass is 334 g/mol. The number of nitrogens with zero attached hydrogens (tertiary/aromatic N) is 4. The minimum Gasteiger partial charge on any atom is -0.379 e. The first-order valence-corrected chi connectivity index (χ1v) is 9.26. The van der Waals surface area contributed by atoms with Gasteiger partial charge in [0.15, 0.2) is 0 Å². The van der Waals surface area contributed by atoms with Gasteiger partial charge in [-0.1, -0.05) is 13.3 Å². The van der Waals surface area contributed by atoms with E-state index in [1.54, 1.807) is 0 Å². The van der Waals surface area contributed by atoms with Gasteiger partial charge in [0.2, 0.25) is 5.91 Å². The van der Waals surface area contributed by atoms with Crippen LogP contribution >= 0.6 is 0 Å². The van der Waals surface area contributed by atoms with Crippen LogP contribution in [-0.4, -0.2) is 70.7 Å². The number of carbonyl (C=O) groups excluding carboxylic acids is 1. The fraction of sp³-hybridized carbons (Fsp3) is 0.778. The number of aromatic nitrogens is 2. The lowest BCUT2D eigenvalue weighted by molar-refractivity contribution is -0.130. The third-order valence-electron chi connectivity index (χ3n) is 5.51. The topological polar surface area (TPSA) is 50.6 Å². The van der Waals surface area contributed by atoms with Crippen molar-refractivity contribution in [1.29, 1.82) is 0 Å². The molecule has 6 heteroatoms. The van der Waals surface area contributed by atoms with Gasteiger partial charge in [0.25, 0.3) is 0 Å². The van der Waals surface area contributed by atoms with Gasteiger partial charge in [-0.2, -0.15) is 0 Å². The van der Waals surface area contributed by atoms with Crippen LogP contribution in [0.1, 0.15) is 32.0 Å². The van der Waals surface area contributed by atoms with E-state index in [4.69, 9.17) is 4.74 Å². The molecule has 134 valence electrons. The molecule has 1 aromatic heterocycles. The van der Waals surface area contributed by atoms with Crippen LogP contribution < -0.4 is 0 Å². The highest BCUT2D eigenvalue weighted by Crippen LogP contribution is 2.26. The number of likely N-dealkylation sites (tertiary alicyclic amines) is 1. The standard InChI is InChI=1S/C18H30N4O2/c1-3-16-13-22(14-17(16)21-9-11-24-12-10-21)18(23)5-4-7-20-8-6-19-15(20)2/h6,8,16-17H,3-5,7,9-14H2,1-2H3/t16-,17+/m1/s1. The summed E-state index contributed by atoms with van der Waals surface area (Å²) < 4.78 is 7.58. The molecule has 3 rings (SSSR count). The quantitative estimate of drug-likeness (QED) is 0.792. The van der Waals surface area contributed by atoms with Crippen LogP contribution in [0, 0.1) is 12.8 Å². The second kappa shape index (κ2) is 8.12. The minimum absolute atomic E-state index is 0.307. The predicted octanol–water partition coefficient (Wildman–Crippen LogP) is 1.54. The molecule has 0 bridgehead atoms. The molecule has 1 amide bonds. The van der Waals surface area contributed by atoms with E-state index in [1.807, 2.05) is 19.3 Å². The molecule has 0 unspecified atom stereocenters. The van der Waals surface area contributed by atoms with E-state index >= 15 is 0 Å². The maximum Gasteiger partial charge on any atom is 0.222 e. The summed E-state index contributed by atoms with van der Waals surface area (Å²) in [5, 5.41) is 0. The van der Waals surface area contributed by atoms with E-state index in [9.17, 15) is 4.79 Å². The first-order chi connectivity index (χ1) is 11.7. The number of morpholine rings is 1. The molecule has 0 N–H and O–H groups in total. The second-order valence-corrected chi connectivity index (χ2v) is 6.95. The summed E-state index contributed by atoms with van der Waals surface area (Å²) in [7, 11) is 0. The molecular formula is C18H30N4O2. The van der Waals surface area contributed by atoms with Crippen LogP contribution in [0.2, 0.25) is 0 Å². The molecule has 2 aliphatic rings. The molecular weight excluding hydrogens is 304 g/mol. The van der Waals surface area contributed by atoms with Gasteiger partial charge in [0.05, 0.1) is 13.2 Å². The lowest BCUT2D eigenvalue weighted by Crippen LogP contribution is -2.47. The molecule has 0 radical (unpaired) electrons. The van der Waals surface area contributed by atoms with Crippen LogP contribution in [0.3, 0.4) is 0 Å². The van der Waals surface area contributed by atoms with Crippen molar-refractivity contribution >= 4 is 5.91 Å². The molecule has 0 aliphatic carbocycles. The highest BCUT2D eigenvalue weighted by Gasteiger charge is 2.37. The van der Waals surface area contributed by atoms with Crippen molar-refractivity contribution in [3.63, 3.8) is 0 Å². The van der Waals surface area contributed by atoms with Gasteiger partial charge in [0.1, 0.15) is 5.82 Å². The van der Waals surface area contributed by atoms with Crippen molar-refractivity contribution in [2.24, 2.45) is 5.92 Å². The molecule has 24 heavy (non-hydrogen) atoms. The van der Waals surface area contributed by atoms with Crippen molar-refractivity contribution in [2.45, 2.75) is 45.7 Å². The summed E-state index contributed by atoms with van der Waals surface area (Å²) in [4.78, 5) is 21.5. The predicted molar refractivity (Wildman–Crippen MR) is 92.7 cm³/mol. The minimum atomic E-state index is 0.307. The Balaban J connectivity index is 1.49. The third-order valence-corrected chi connectivity index (χ3v) is 5.51. The number of hydrogen-bond acceptors (Lipinski definition) is 4. The SMILES string of the molecule is CC[C@@H]1CN(C(=O)CCCn2ccnc2C)C[C@@H]1N1CCOCC1. The summed E-state index contributed by atoms with van der Waals surface area (Å²) in [6.07, 6.45) is 6.45. The van der Waals surface area contributed by atoms with E-state index in [-0.39, 0.29) is 0 Å². The summed E-state index contributed by atoms with van der Waals surface area (Å²) in [6, 6.07) is 0.513. The smallest absolute Gasteiger partial charge is 0.222 e. The number of amides is 1. The fourth-order valence-corrected chi connectivity index (χ4v) is 3.98. The van der Waals surface area contributed by atoms with E-state index in [0.29, 0.717) is 24.3 Å². The van der Waals surface area contributed by atoms with E-state index < -0.39 is 0 Å². The lowest BCUT2D eigenvalue weighted by atomic mass is 9.99. The Kier molecular flexibility index (Phi) is 5.89. The largest absolute Gasteiger partial charge is 0.379 e. The van der Waals surface area contributed by atoms with E-state index in [0.717, 1.165) is 64.6 Å². The van der Waals surface area contributed by atoms with E-state index in [1.165, 1.54) is 0 Å². The number of carbonyl (C=O) groups is 1. The Labute approximate surface area is 144 Å². The van der Waals surface area contributed by atoms with Gasteiger partial charge < -0.3 is 14.2 Å². The van der Waals surface area contributed by atoms with Gasteiger partial charge in [-0.15, -0.1) is 0 Å². The molecule has 2 aliphatic heterocycles. The van der Waals surface area contributed by atoms with E-state index in [2.05, 4.69) is 26.3 Å². The maximum atomic E-state index is 12.6. The van der Waals surface area contributed by atoms with Gasteiger partial charge in [0, 0.05) is 57.6 Å². The fourth-order valence-electron chi connectivity index (χ4n) is 3.98. The molecule has 0 spiro atoms. The normalized spacial score (nSPS) is 25.3. The Morgan fingerprint density at radius 1 is 1.33 bits per heavy atom. The molecule has 6 nitrogen and oxygen atoms in total. The summed E-state index contributed by atoms with van der Waals surface area (Å²) in [5.41, 5.74) is 0. The third kappa shape index (κ3) is 3.98. The Hall–Kier alpha value is -1.40. The van der Waals surface area contributed by atoms with Crippen LogP contribution in [0.4, 0.5) is 0 Å². The van der Waals surface area contributed by atoms with Crippen LogP contribution in [0.25, 0.3) is 0 Å². The Morgan fingerprint density at radius 3 is 2.79 bits per heavy atom. The van der Waals surface area contributed by atoms with Crippen molar-refractivity contribution < 1.29 is 9.53 Å². The number of imidazole rings is 1. The Morgan fingerprint density at radius 2 is 2.12 bits per heavy atom. The number of rotatable bonds is 6. The Bertz CT molecular complexity index is 539. The summed E-state index contributed by atoms with van der Waals surface area (Å²) in [5.74, 6) is 1.92. The molecule has 0 saturated carbocycles. The van der Waals surface area contributed by atoms with Crippen molar-refractivity contribution in [2.75, 3.05) is 39.4 Å². The van der Waals surface area contributed by atoms with Gasteiger partial charge in [-0.3, -0.25) is 9.69 Å². The number of hydrogen-bond donors (Lipinski definition) is 0. The molecule has 1 aromatic rings. The highest BCUT2D eigenvalue weighted by molar-refractivity contribution is 5.76. The zero-order chi connectivity index (χ0) is 16.9. The lowest BCUT2D eigenvalue weighted by Gasteiger charge is -2.34.